The average molecular weight is 349 g/mol. The van der Waals surface area contributed by atoms with Crippen LogP contribution in [0.3, 0.4) is 0 Å². The van der Waals surface area contributed by atoms with Gasteiger partial charge in [-0.1, -0.05) is 6.07 Å². The van der Waals surface area contributed by atoms with Crippen LogP contribution < -0.4 is 10.1 Å². The van der Waals surface area contributed by atoms with Gasteiger partial charge in [0.2, 0.25) is 0 Å². The SMILES string of the molecule is Cl.O=C1c2c(OC(F)(F)F)cc(C3CC3)cc2[C@H]2CNCCN12. The number of benzene rings is 1. The number of rotatable bonds is 2. The van der Waals surface area contributed by atoms with Gasteiger partial charge < -0.3 is 15.0 Å². The van der Waals surface area contributed by atoms with Gasteiger partial charge in [0.1, 0.15) is 5.75 Å². The molecule has 1 aromatic rings. The van der Waals surface area contributed by atoms with Crippen molar-refractivity contribution in [3.05, 3.63) is 28.8 Å². The Morgan fingerprint density at radius 1 is 1.26 bits per heavy atom. The van der Waals surface area contributed by atoms with E-state index < -0.39 is 6.36 Å². The molecule has 0 unspecified atom stereocenters. The Hall–Kier alpha value is -1.47. The lowest BCUT2D eigenvalue weighted by molar-refractivity contribution is -0.274. The first-order valence-electron chi connectivity index (χ1n) is 7.39. The van der Waals surface area contributed by atoms with Gasteiger partial charge in [0.15, 0.2) is 0 Å². The standard InChI is InChI=1S/C15H15F3N2O2.ClH/c16-15(17,18)22-12-6-9(8-1-2-8)5-10-11-7-19-3-4-20(11)14(21)13(10)12;/h5-6,8,11,19H,1-4,7H2;1H/t11-;/m1./s1. The lowest BCUT2D eigenvalue weighted by Gasteiger charge is -2.30. The molecule has 4 nitrogen and oxygen atoms in total. The Morgan fingerprint density at radius 3 is 2.65 bits per heavy atom. The molecule has 1 aromatic carbocycles. The second kappa shape index (κ2) is 5.56. The third-order valence-electron chi connectivity index (χ3n) is 4.51. The van der Waals surface area contributed by atoms with Crippen molar-refractivity contribution in [1.82, 2.24) is 10.2 Å². The van der Waals surface area contributed by atoms with Crippen molar-refractivity contribution in [2.75, 3.05) is 19.6 Å². The van der Waals surface area contributed by atoms with Gasteiger partial charge >= 0.3 is 6.36 Å². The number of hydrogen-bond acceptors (Lipinski definition) is 3. The van der Waals surface area contributed by atoms with Gasteiger partial charge in [-0.15, -0.1) is 25.6 Å². The zero-order valence-electron chi connectivity index (χ0n) is 12.2. The monoisotopic (exact) mass is 348 g/mol. The normalized spacial score (nSPS) is 23.2. The number of halogens is 4. The number of fused-ring (bicyclic) bond motifs is 3. The van der Waals surface area contributed by atoms with Gasteiger partial charge in [0.05, 0.1) is 11.6 Å². The third kappa shape index (κ3) is 2.87. The number of carbonyl (C=O) groups is 1. The number of carbonyl (C=O) groups excluding carboxylic acids is 1. The zero-order valence-corrected chi connectivity index (χ0v) is 13.0. The molecular formula is C15H16ClF3N2O2. The van der Waals surface area contributed by atoms with Crippen LogP contribution in [0.1, 0.15) is 46.3 Å². The predicted molar refractivity (Wildman–Crippen MR) is 79.0 cm³/mol. The number of nitrogens with one attached hydrogen (secondary N) is 1. The summed E-state index contributed by atoms with van der Waals surface area (Å²) < 4.78 is 42.3. The average Bonchev–Trinajstić information content (AvgIpc) is 3.25. The summed E-state index contributed by atoms with van der Waals surface area (Å²) in [5.74, 6) is -0.406. The van der Waals surface area contributed by atoms with Gasteiger partial charge in [0.25, 0.3) is 5.91 Å². The topological polar surface area (TPSA) is 41.6 Å². The fourth-order valence-corrected chi connectivity index (χ4v) is 3.38. The van der Waals surface area contributed by atoms with Crippen molar-refractivity contribution >= 4 is 18.3 Å². The fraction of sp³-hybridized carbons (Fsp3) is 0.533. The Labute approximate surface area is 137 Å². The lowest BCUT2D eigenvalue weighted by atomic mass is 9.97. The van der Waals surface area contributed by atoms with Crippen molar-refractivity contribution in [2.24, 2.45) is 0 Å². The maximum absolute atomic E-state index is 12.7. The summed E-state index contributed by atoms with van der Waals surface area (Å²) in [4.78, 5) is 14.1. The molecule has 4 rings (SSSR count). The molecule has 1 atom stereocenters. The van der Waals surface area contributed by atoms with Crippen LogP contribution in [0.25, 0.3) is 0 Å². The predicted octanol–water partition coefficient (Wildman–Crippen LogP) is 2.98. The highest BCUT2D eigenvalue weighted by Crippen LogP contribution is 2.47. The van der Waals surface area contributed by atoms with Gasteiger partial charge in [-0.05, 0) is 36.0 Å². The van der Waals surface area contributed by atoms with Crippen LogP contribution in [0.5, 0.6) is 5.75 Å². The number of ether oxygens (including phenoxy) is 1. The van der Waals surface area contributed by atoms with E-state index >= 15 is 0 Å². The van der Waals surface area contributed by atoms with Gasteiger partial charge in [-0.3, -0.25) is 4.79 Å². The number of amides is 1. The number of nitrogens with zero attached hydrogens (tertiary/aromatic N) is 1. The lowest BCUT2D eigenvalue weighted by Crippen LogP contribution is -2.44. The van der Waals surface area contributed by atoms with Crippen LogP contribution >= 0.6 is 12.4 Å². The quantitative estimate of drug-likeness (QED) is 0.893. The molecule has 3 aliphatic rings. The molecular weight excluding hydrogens is 333 g/mol. The van der Waals surface area contributed by atoms with Crippen LogP contribution in [0.4, 0.5) is 13.2 Å². The second-order valence-corrected chi connectivity index (χ2v) is 6.02. The van der Waals surface area contributed by atoms with E-state index in [1.165, 1.54) is 6.07 Å². The summed E-state index contributed by atoms with van der Waals surface area (Å²) in [7, 11) is 0. The molecule has 8 heteroatoms. The fourth-order valence-electron chi connectivity index (χ4n) is 3.38. The van der Waals surface area contributed by atoms with Crippen LogP contribution in [-0.2, 0) is 0 Å². The smallest absolute Gasteiger partial charge is 0.405 e. The third-order valence-corrected chi connectivity index (χ3v) is 4.51. The molecule has 1 N–H and O–H groups in total. The van der Waals surface area contributed by atoms with Gasteiger partial charge in [-0.25, -0.2) is 0 Å². The van der Waals surface area contributed by atoms with E-state index in [2.05, 4.69) is 10.1 Å². The Bertz CT molecular complexity index is 646. The van der Waals surface area contributed by atoms with E-state index in [1.807, 2.05) is 6.07 Å². The highest BCUT2D eigenvalue weighted by Gasteiger charge is 2.43. The van der Waals surface area contributed by atoms with Crippen molar-refractivity contribution in [3.63, 3.8) is 0 Å². The van der Waals surface area contributed by atoms with Crippen LogP contribution in [0, 0.1) is 0 Å². The molecule has 1 amide bonds. The summed E-state index contributed by atoms with van der Waals surface area (Å²) in [6, 6.07) is 3.10. The van der Waals surface area contributed by atoms with Gasteiger partial charge in [-0.2, -0.15) is 0 Å². The minimum absolute atomic E-state index is 0. The molecule has 2 aliphatic heterocycles. The molecule has 1 saturated heterocycles. The summed E-state index contributed by atoms with van der Waals surface area (Å²) in [5.41, 5.74) is 1.59. The van der Waals surface area contributed by atoms with Crippen molar-refractivity contribution in [2.45, 2.75) is 31.2 Å². The minimum Gasteiger partial charge on any atom is -0.405 e. The maximum Gasteiger partial charge on any atom is 0.573 e. The summed E-state index contributed by atoms with van der Waals surface area (Å²) in [6.07, 6.45) is -2.84. The Morgan fingerprint density at radius 2 is 2.00 bits per heavy atom. The number of piperazine rings is 1. The van der Waals surface area contributed by atoms with Crippen molar-refractivity contribution in [3.8, 4) is 5.75 Å². The first-order valence-corrected chi connectivity index (χ1v) is 7.39. The van der Waals surface area contributed by atoms with E-state index in [9.17, 15) is 18.0 Å². The summed E-state index contributed by atoms with van der Waals surface area (Å²) in [6.45, 7) is 1.72. The molecule has 0 aromatic heterocycles. The van der Waals surface area contributed by atoms with Crippen LogP contribution in [0.15, 0.2) is 12.1 Å². The molecule has 2 heterocycles. The Balaban J connectivity index is 0.00000156. The molecule has 1 saturated carbocycles. The minimum atomic E-state index is -4.79. The van der Waals surface area contributed by atoms with E-state index in [4.69, 9.17) is 0 Å². The van der Waals surface area contributed by atoms with E-state index in [-0.39, 0.29) is 35.7 Å². The molecule has 23 heavy (non-hydrogen) atoms. The van der Waals surface area contributed by atoms with Crippen LogP contribution in [0.2, 0.25) is 0 Å². The van der Waals surface area contributed by atoms with E-state index in [0.29, 0.717) is 31.1 Å². The van der Waals surface area contributed by atoms with Crippen molar-refractivity contribution < 1.29 is 22.7 Å². The number of alkyl halides is 3. The second-order valence-electron chi connectivity index (χ2n) is 6.02. The number of hydrogen-bond donors (Lipinski definition) is 1. The Kier molecular flexibility index (Phi) is 3.96. The zero-order chi connectivity index (χ0) is 15.5. The van der Waals surface area contributed by atoms with E-state index in [1.54, 1.807) is 4.90 Å². The largest absolute Gasteiger partial charge is 0.573 e. The first-order chi connectivity index (χ1) is 10.4. The van der Waals surface area contributed by atoms with E-state index in [0.717, 1.165) is 18.4 Å². The first kappa shape index (κ1) is 16.4. The maximum atomic E-state index is 12.7. The molecule has 0 spiro atoms. The molecule has 1 aliphatic carbocycles. The highest BCUT2D eigenvalue weighted by atomic mass is 35.5. The van der Waals surface area contributed by atoms with Gasteiger partial charge in [0, 0.05) is 19.6 Å². The molecule has 0 bridgehead atoms. The molecule has 2 fully saturated rings. The van der Waals surface area contributed by atoms with Crippen LogP contribution in [-0.4, -0.2) is 36.8 Å². The molecule has 0 radical (unpaired) electrons. The molecule has 126 valence electrons. The van der Waals surface area contributed by atoms with Crippen molar-refractivity contribution in [1.29, 1.82) is 0 Å². The summed E-state index contributed by atoms with van der Waals surface area (Å²) in [5, 5.41) is 3.19. The summed E-state index contributed by atoms with van der Waals surface area (Å²) >= 11 is 0. The highest BCUT2D eigenvalue weighted by molar-refractivity contribution is 6.02.